The SMILES string of the molecule is CC1(C)Cc2[nH]nc(C(=O)Nc3cnn(CC4CN(C=O)C4)c3)c2CC1(F)F.CNC(=O)CCC(C=O)c1ccc(N2CC(C)C2)nc1. The van der Waals surface area contributed by atoms with Crippen molar-refractivity contribution in [1.29, 1.82) is 0 Å². The molecule has 3 N–H and O–H groups in total. The molecule has 3 amide bonds. The number of aromatic nitrogens is 5. The number of carbonyl (C=O) groups is 4. The Kier molecular flexibility index (Phi) is 10.2. The molecule has 1 aliphatic carbocycles. The fourth-order valence-electron chi connectivity index (χ4n) is 6.17. The fourth-order valence-corrected chi connectivity index (χ4v) is 6.17. The van der Waals surface area contributed by atoms with Gasteiger partial charge in [0.05, 0.1) is 11.9 Å². The van der Waals surface area contributed by atoms with Crippen LogP contribution in [-0.4, -0.2) is 93.5 Å². The van der Waals surface area contributed by atoms with Crippen LogP contribution in [0.4, 0.5) is 20.3 Å². The third-order valence-electron chi connectivity index (χ3n) is 9.36. The standard InChI is InChI=1S/C18H22F2N6O2.C15H21N3O2/c1-17(2)4-14-13(3-18(17,19)20)15(24-23-14)16(28)22-12-5-21-26(9-12)8-11-6-25(7-11)10-27;1-11-8-18(9-11)14-5-3-12(7-17-14)13(10-19)4-6-15(20)16-2/h5,9-11H,3-4,6-8H2,1-2H3,(H,22,28)(H,23,24);3,5,7,10-11,13H,4,6,8-9H2,1-2H3,(H,16,20). The molecule has 0 aromatic carbocycles. The number of hydrogen-bond acceptors (Lipinski definition) is 8. The Morgan fingerprint density at radius 1 is 1.12 bits per heavy atom. The molecule has 3 aromatic heterocycles. The van der Waals surface area contributed by atoms with E-state index in [1.165, 1.54) is 20.0 Å². The zero-order valence-electron chi connectivity index (χ0n) is 27.7. The van der Waals surface area contributed by atoms with Crippen LogP contribution in [0.5, 0.6) is 0 Å². The van der Waals surface area contributed by atoms with Crippen molar-refractivity contribution in [3.05, 3.63) is 53.2 Å². The summed E-state index contributed by atoms with van der Waals surface area (Å²) < 4.78 is 30.5. The van der Waals surface area contributed by atoms with Crippen LogP contribution in [0.15, 0.2) is 30.7 Å². The van der Waals surface area contributed by atoms with Crippen molar-refractivity contribution < 1.29 is 28.0 Å². The monoisotopic (exact) mass is 667 g/mol. The first-order valence-corrected chi connectivity index (χ1v) is 16.2. The van der Waals surface area contributed by atoms with Gasteiger partial charge in [-0.3, -0.25) is 24.2 Å². The topological polar surface area (TPSA) is 158 Å². The minimum absolute atomic E-state index is 0.00135. The number of hydrogen-bond donors (Lipinski definition) is 3. The van der Waals surface area contributed by atoms with Crippen molar-refractivity contribution in [3.63, 3.8) is 0 Å². The van der Waals surface area contributed by atoms with E-state index in [9.17, 15) is 28.0 Å². The first-order valence-electron chi connectivity index (χ1n) is 16.2. The summed E-state index contributed by atoms with van der Waals surface area (Å²) in [6.45, 7) is 9.35. The van der Waals surface area contributed by atoms with E-state index in [2.05, 4.69) is 42.7 Å². The van der Waals surface area contributed by atoms with Crippen molar-refractivity contribution in [2.45, 2.75) is 64.8 Å². The van der Waals surface area contributed by atoms with Crippen LogP contribution in [-0.2, 0) is 33.8 Å². The molecule has 5 heterocycles. The van der Waals surface area contributed by atoms with Gasteiger partial charge >= 0.3 is 0 Å². The Labute approximate surface area is 277 Å². The number of halogens is 2. The summed E-state index contributed by atoms with van der Waals surface area (Å²) in [5.74, 6) is -1.74. The second-order valence-corrected chi connectivity index (χ2v) is 13.7. The summed E-state index contributed by atoms with van der Waals surface area (Å²) in [6.07, 6.45) is 7.14. The number of H-pyrrole nitrogens is 1. The van der Waals surface area contributed by atoms with Crippen LogP contribution in [0, 0.1) is 17.3 Å². The number of aldehydes is 1. The third kappa shape index (κ3) is 7.71. The number of nitrogens with zero attached hydrogens (tertiary/aromatic N) is 6. The highest BCUT2D eigenvalue weighted by Gasteiger charge is 2.51. The molecular weight excluding hydrogens is 624 g/mol. The van der Waals surface area contributed by atoms with Crippen molar-refractivity contribution >= 4 is 36.0 Å². The molecule has 0 spiro atoms. The number of alkyl halides is 2. The summed E-state index contributed by atoms with van der Waals surface area (Å²) in [6, 6.07) is 3.89. The maximum Gasteiger partial charge on any atom is 0.276 e. The molecule has 3 aliphatic rings. The average molecular weight is 668 g/mol. The second-order valence-electron chi connectivity index (χ2n) is 13.7. The van der Waals surface area contributed by atoms with Gasteiger partial charge < -0.3 is 25.2 Å². The fraction of sp³-hybridized carbons (Fsp3) is 0.545. The number of likely N-dealkylation sites (tertiary alicyclic amines) is 1. The normalized spacial score (nSPS) is 18.7. The summed E-state index contributed by atoms with van der Waals surface area (Å²) in [5.41, 5.74) is 1.01. The molecule has 2 fully saturated rings. The molecule has 2 aliphatic heterocycles. The maximum atomic E-state index is 14.4. The highest BCUT2D eigenvalue weighted by Crippen LogP contribution is 2.46. The number of amides is 3. The zero-order valence-corrected chi connectivity index (χ0v) is 27.7. The molecule has 0 radical (unpaired) electrons. The van der Waals surface area contributed by atoms with Crippen LogP contribution in [0.1, 0.15) is 66.8 Å². The molecule has 15 heteroatoms. The van der Waals surface area contributed by atoms with Crippen molar-refractivity contribution in [2.75, 3.05) is 43.4 Å². The van der Waals surface area contributed by atoms with E-state index < -0.39 is 23.7 Å². The van der Waals surface area contributed by atoms with Crippen LogP contribution in [0.3, 0.4) is 0 Å². The number of anilines is 2. The number of carbonyl (C=O) groups excluding carboxylic acids is 4. The molecule has 6 rings (SSSR count). The Bertz CT molecular complexity index is 1610. The van der Waals surface area contributed by atoms with Gasteiger partial charge in [-0.05, 0) is 24.0 Å². The summed E-state index contributed by atoms with van der Waals surface area (Å²) >= 11 is 0. The van der Waals surface area contributed by atoms with Crippen LogP contribution < -0.4 is 15.5 Å². The number of rotatable bonds is 11. The molecule has 3 aromatic rings. The zero-order chi connectivity index (χ0) is 34.6. The van der Waals surface area contributed by atoms with E-state index in [0.29, 0.717) is 49.8 Å². The van der Waals surface area contributed by atoms with Crippen LogP contribution in [0.2, 0.25) is 0 Å². The smallest absolute Gasteiger partial charge is 0.276 e. The molecule has 1 atom stereocenters. The summed E-state index contributed by atoms with van der Waals surface area (Å²) in [7, 11) is 1.60. The lowest BCUT2D eigenvalue weighted by Crippen LogP contribution is -2.47. The predicted molar refractivity (Wildman–Crippen MR) is 174 cm³/mol. The molecular formula is C33H43F2N9O4. The van der Waals surface area contributed by atoms with Gasteiger partial charge in [0, 0.05) is 99.9 Å². The van der Waals surface area contributed by atoms with E-state index in [0.717, 1.165) is 43.1 Å². The first kappa shape index (κ1) is 34.6. The second kappa shape index (κ2) is 14.2. The van der Waals surface area contributed by atoms with Crippen LogP contribution >= 0.6 is 0 Å². The number of fused-ring (bicyclic) bond motifs is 1. The molecule has 48 heavy (non-hydrogen) atoms. The lowest BCUT2D eigenvalue weighted by molar-refractivity contribution is -0.124. The van der Waals surface area contributed by atoms with Gasteiger partial charge in [0.1, 0.15) is 12.1 Å². The first-order chi connectivity index (χ1) is 22.8. The van der Waals surface area contributed by atoms with Gasteiger partial charge in [0.15, 0.2) is 5.69 Å². The Balaban J connectivity index is 0.000000199. The molecule has 13 nitrogen and oxygen atoms in total. The lowest BCUT2D eigenvalue weighted by atomic mass is 9.73. The van der Waals surface area contributed by atoms with Crippen molar-refractivity contribution in [3.8, 4) is 0 Å². The van der Waals surface area contributed by atoms with Gasteiger partial charge in [-0.15, -0.1) is 0 Å². The van der Waals surface area contributed by atoms with E-state index in [-0.39, 0.29) is 29.5 Å². The minimum atomic E-state index is -2.91. The van der Waals surface area contributed by atoms with E-state index >= 15 is 0 Å². The van der Waals surface area contributed by atoms with Gasteiger partial charge in [-0.25, -0.2) is 13.8 Å². The van der Waals surface area contributed by atoms with Gasteiger partial charge in [0.25, 0.3) is 11.8 Å². The highest BCUT2D eigenvalue weighted by atomic mass is 19.3. The Morgan fingerprint density at radius 2 is 1.88 bits per heavy atom. The van der Waals surface area contributed by atoms with Gasteiger partial charge in [0.2, 0.25) is 12.3 Å². The van der Waals surface area contributed by atoms with Gasteiger partial charge in [-0.1, -0.05) is 26.8 Å². The summed E-state index contributed by atoms with van der Waals surface area (Å²) in [5, 5.41) is 16.2. The Morgan fingerprint density at radius 3 is 2.50 bits per heavy atom. The average Bonchev–Trinajstić information content (AvgIpc) is 3.63. The van der Waals surface area contributed by atoms with E-state index in [1.54, 1.807) is 29.0 Å². The van der Waals surface area contributed by atoms with Gasteiger partial charge in [-0.2, -0.15) is 10.2 Å². The summed E-state index contributed by atoms with van der Waals surface area (Å²) in [4.78, 5) is 53.9. The lowest BCUT2D eigenvalue weighted by Gasteiger charge is -2.38. The maximum absolute atomic E-state index is 14.4. The number of pyridine rings is 1. The highest BCUT2D eigenvalue weighted by molar-refractivity contribution is 6.04. The van der Waals surface area contributed by atoms with Crippen LogP contribution in [0.25, 0.3) is 0 Å². The largest absolute Gasteiger partial charge is 0.359 e. The quantitative estimate of drug-likeness (QED) is 0.264. The molecule has 258 valence electrons. The van der Waals surface area contributed by atoms with E-state index in [1.807, 2.05) is 12.1 Å². The molecule has 0 saturated carbocycles. The predicted octanol–water partition coefficient (Wildman–Crippen LogP) is 3.05. The minimum Gasteiger partial charge on any atom is -0.359 e. The molecule has 0 bridgehead atoms. The molecule has 1 unspecified atom stereocenters. The van der Waals surface area contributed by atoms with E-state index in [4.69, 9.17) is 0 Å². The molecule has 2 saturated heterocycles. The number of nitrogens with one attached hydrogen (secondary N) is 3. The van der Waals surface area contributed by atoms with Crippen molar-refractivity contribution in [2.24, 2.45) is 17.3 Å². The number of aromatic amines is 1. The van der Waals surface area contributed by atoms with Crippen molar-refractivity contribution in [1.82, 2.24) is 35.2 Å². The Hall–Kier alpha value is -4.69. The third-order valence-corrected chi connectivity index (χ3v) is 9.36.